The second-order valence-corrected chi connectivity index (χ2v) is 8.86. The lowest BCUT2D eigenvalue weighted by molar-refractivity contribution is -0.699. The number of unbranched alkanes of at least 4 members (excludes halogenated alkanes) is 11. The highest BCUT2D eigenvalue weighted by molar-refractivity contribution is 7.98. The molecule has 0 bridgehead atoms. The van der Waals surface area contributed by atoms with Crippen molar-refractivity contribution in [3.05, 3.63) is 29.8 Å². The van der Waals surface area contributed by atoms with E-state index in [1.54, 1.807) is 11.8 Å². The van der Waals surface area contributed by atoms with Gasteiger partial charge in [-0.3, -0.25) is 0 Å². The van der Waals surface area contributed by atoms with E-state index in [0.717, 1.165) is 18.5 Å². The third-order valence-electron chi connectivity index (χ3n) is 5.60. The van der Waals surface area contributed by atoms with Gasteiger partial charge in [0.25, 0.3) is 0 Å². The average Bonchev–Trinajstić information content (AvgIpc) is 2.73. The van der Waals surface area contributed by atoms with Crippen LogP contribution in [0.4, 0.5) is 0 Å². The van der Waals surface area contributed by atoms with E-state index in [4.69, 9.17) is 0 Å². The quantitative estimate of drug-likeness (QED) is 0.234. The maximum atomic E-state index is 10.5. The Morgan fingerprint density at radius 3 is 1.79 bits per heavy atom. The summed E-state index contributed by atoms with van der Waals surface area (Å²) in [7, 11) is 0. The topological polar surface area (TPSA) is 57.1 Å². The minimum Gasteiger partial charge on any atom is -0.390 e. The Morgan fingerprint density at radius 1 is 0.821 bits per heavy atom. The number of quaternary nitrogens is 1. The Balaban J connectivity index is 2.04. The van der Waals surface area contributed by atoms with Crippen LogP contribution >= 0.6 is 11.8 Å². The van der Waals surface area contributed by atoms with E-state index in [1.165, 1.54) is 75.5 Å². The van der Waals surface area contributed by atoms with Gasteiger partial charge in [0.05, 0.1) is 13.2 Å². The standard InChI is InChI=1S/C24H43NO2S/c1-3-4-5-6-7-8-9-10-11-12-13-14-19-25-23(20-26)24(27)21-15-17-22(28-2)18-16-21/h15-18,23-27H,3-14,19-20H2,1-2H3/p+1. The van der Waals surface area contributed by atoms with Gasteiger partial charge in [-0.2, -0.15) is 0 Å². The van der Waals surface area contributed by atoms with E-state index in [9.17, 15) is 10.2 Å². The maximum Gasteiger partial charge on any atom is 0.140 e. The van der Waals surface area contributed by atoms with Gasteiger partial charge in [-0.15, -0.1) is 11.8 Å². The van der Waals surface area contributed by atoms with Gasteiger partial charge in [-0.25, -0.2) is 0 Å². The third kappa shape index (κ3) is 11.5. The molecule has 28 heavy (non-hydrogen) atoms. The van der Waals surface area contributed by atoms with Crippen LogP contribution in [-0.4, -0.2) is 35.7 Å². The number of aliphatic hydroxyl groups excluding tert-OH is 2. The van der Waals surface area contributed by atoms with Crippen molar-refractivity contribution in [3.63, 3.8) is 0 Å². The Hall–Kier alpha value is -0.550. The smallest absolute Gasteiger partial charge is 0.140 e. The summed E-state index contributed by atoms with van der Waals surface area (Å²) in [6, 6.07) is 7.83. The van der Waals surface area contributed by atoms with Gasteiger partial charge in [0.15, 0.2) is 0 Å². The molecule has 0 aliphatic carbocycles. The highest BCUT2D eigenvalue weighted by Gasteiger charge is 2.22. The van der Waals surface area contributed by atoms with Crippen LogP contribution in [0.2, 0.25) is 0 Å². The summed E-state index contributed by atoms with van der Waals surface area (Å²) in [6.07, 6.45) is 17.7. The molecule has 2 unspecified atom stereocenters. The molecule has 0 aliphatic heterocycles. The number of benzene rings is 1. The van der Waals surface area contributed by atoms with Crippen LogP contribution in [0.15, 0.2) is 29.2 Å². The minimum absolute atomic E-state index is 0.00367. The Labute approximate surface area is 177 Å². The van der Waals surface area contributed by atoms with Crippen LogP contribution in [0, 0.1) is 0 Å². The molecule has 2 atom stereocenters. The third-order valence-corrected chi connectivity index (χ3v) is 6.34. The molecule has 0 spiro atoms. The molecule has 4 N–H and O–H groups in total. The van der Waals surface area contributed by atoms with Crippen LogP contribution in [0.1, 0.15) is 95.6 Å². The fourth-order valence-electron chi connectivity index (χ4n) is 3.67. The summed E-state index contributed by atoms with van der Waals surface area (Å²) in [4.78, 5) is 1.19. The lowest BCUT2D eigenvalue weighted by Crippen LogP contribution is -2.92. The lowest BCUT2D eigenvalue weighted by Gasteiger charge is -2.20. The maximum absolute atomic E-state index is 10.5. The number of hydrogen-bond donors (Lipinski definition) is 3. The molecule has 0 aliphatic rings. The van der Waals surface area contributed by atoms with E-state index in [0.29, 0.717) is 0 Å². The minimum atomic E-state index is -0.613. The van der Waals surface area contributed by atoms with Crippen molar-refractivity contribution >= 4 is 11.8 Å². The molecular weight excluding hydrogens is 366 g/mol. The first-order chi connectivity index (χ1) is 13.7. The predicted octanol–water partition coefficient (Wildman–Crippen LogP) is 5.07. The Morgan fingerprint density at radius 2 is 1.32 bits per heavy atom. The molecule has 0 heterocycles. The van der Waals surface area contributed by atoms with Crippen molar-refractivity contribution in [2.75, 3.05) is 19.4 Å². The molecular formula is C24H44NO2S+. The van der Waals surface area contributed by atoms with Crippen LogP contribution in [0.5, 0.6) is 0 Å². The van der Waals surface area contributed by atoms with Crippen LogP contribution in [0.25, 0.3) is 0 Å². The first-order valence-corrected chi connectivity index (χ1v) is 12.7. The molecule has 0 radical (unpaired) electrons. The summed E-state index contributed by atoms with van der Waals surface area (Å²) in [5, 5.41) is 22.3. The second-order valence-electron chi connectivity index (χ2n) is 7.98. The summed E-state index contributed by atoms with van der Waals surface area (Å²) >= 11 is 1.70. The van der Waals surface area contributed by atoms with E-state index in [-0.39, 0.29) is 12.6 Å². The Bertz CT molecular complexity index is 466. The Kier molecular flexibility index (Phi) is 15.8. The summed E-state index contributed by atoms with van der Waals surface area (Å²) in [6.45, 7) is 3.25. The summed E-state index contributed by atoms with van der Waals surface area (Å²) in [5.74, 6) is 0. The number of hydrogen-bond acceptors (Lipinski definition) is 3. The van der Waals surface area contributed by atoms with Gasteiger partial charge in [-0.1, -0.05) is 83.3 Å². The molecule has 162 valence electrons. The van der Waals surface area contributed by atoms with Crippen molar-refractivity contribution in [1.29, 1.82) is 0 Å². The molecule has 1 aromatic carbocycles. The van der Waals surface area contributed by atoms with Crippen molar-refractivity contribution < 1.29 is 15.5 Å². The van der Waals surface area contributed by atoms with Gasteiger partial charge in [-0.05, 0) is 36.8 Å². The molecule has 1 rings (SSSR count). The fourth-order valence-corrected chi connectivity index (χ4v) is 4.08. The lowest BCUT2D eigenvalue weighted by atomic mass is 10.0. The van der Waals surface area contributed by atoms with Gasteiger partial charge < -0.3 is 15.5 Å². The monoisotopic (exact) mass is 410 g/mol. The van der Waals surface area contributed by atoms with Gasteiger partial charge in [0, 0.05) is 4.90 Å². The molecule has 1 aromatic rings. The molecule has 3 nitrogen and oxygen atoms in total. The molecule has 0 aromatic heterocycles. The zero-order chi connectivity index (χ0) is 20.5. The fraction of sp³-hybridized carbons (Fsp3) is 0.750. The second kappa shape index (κ2) is 17.3. The highest BCUT2D eigenvalue weighted by atomic mass is 32.2. The van der Waals surface area contributed by atoms with E-state index >= 15 is 0 Å². The number of thioether (sulfide) groups is 1. The van der Waals surface area contributed by atoms with Crippen molar-refractivity contribution in [1.82, 2.24) is 0 Å². The molecule has 0 saturated heterocycles. The predicted molar refractivity (Wildman–Crippen MR) is 122 cm³/mol. The molecule has 0 fully saturated rings. The van der Waals surface area contributed by atoms with Gasteiger partial charge in [0.1, 0.15) is 12.1 Å². The van der Waals surface area contributed by atoms with Crippen LogP contribution < -0.4 is 5.32 Å². The van der Waals surface area contributed by atoms with Crippen molar-refractivity contribution in [2.45, 2.75) is 101 Å². The average molecular weight is 411 g/mol. The highest BCUT2D eigenvalue weighted by Crippen LogP contribution is 2.20. The summed E-state index contributed by atoms with van der Waals surface area (Å²) < 4.78 is 0. The SMILES string of the molecule is CCCCCCCCCCCCCC[NH2+]C(CO)C(O)c1ccc(SC)cc1. The van der Waals surface area contributed by atoms with E-state index in [2.05, 4.69) is 12.2 Å². The van der Waals surface area contributed by atoms with Gasteiger partial charge >= 0.3 is 0 Å². The number of nitrogens with two attached hydrogens (primary N) is 1. The molecule has 0 amide bonds. The van der Waals surface area contributed by atoms with Gasteiger partial charge in [0.2, 0.25) is 0 Å². The largest absolute Gasteiger partial charge is 0.390 e. The zero-order valence-corrected chi connectivity index (χ0v) is 19.1. The van der Waals surface area contributed by atoms with E-state index < -0.39 is 6.10 Å². The molecule has 4 heteroatoms. The first-order valence-electron chi connectivity index (χ1n) is 11.5. The molecule has 0 saturated carbocycles. The van der Waals surface area contributed by atoms with Crippen molar-refractivity contribution in [3.8, 4) is 0 Å². The number of aliphatic hydroxyl groups is 2. The zero-order valence-electron chi connectivity index (χ0n) is 18.2. The first kappa shape index (κ1) is 25.5. The normalized spacial score (nSPS) is 13.6. The van der Waals surface area contributed by atoms with Crippen LogP contribution in [0.3, 0.4) is 0 Å². The summed E-state index contributed by atoms with van der Waals surface area (Å²) in [5.41, 5.74) is 0.891. The van der Waals surface area contributed by atoms with E-state index in [1.807, 2.05) is 30.5 Å². The number of rotatable bonds is 18. The van der Waals surface area contributed by atoms with Crippen molar-refractivity contribution in [2.24, 2.45) is 0 Å². The van der Waals surface area contributed by atoms with Crippen LogP contribution in [-0.2, 0) is 0 Å².